The molecule has 100 valence electrons. The van der Waals surface area contributed by atoms with E-state index in [4.69, 9.17) is 19.7 Å². The summed E-state index contributed by atoms with van der Waals surface area (Å²) >= 11 is 0. The maximum Gasteiger partial charge on any atom is 0.335 e. The Hall–Kier alpha value is -0.770. The lowest BCUT2D eigenvalue weighted by Gasteiger charge is -2.39. The van der Waals surface area contributed by atoms with Crippen molar-refractivity contribution in [3.8, 4) is 0 Å². The summed E-state index contributed by atoms with van der Waals surface area (Å²) in [6.07, 6.45) is -8.84. The van der Waals surface area contributed by atoms with Crippen LogP contribution in [0.1, 0.15) is 6.92 Å². The van der Waals surface area contributed by atoms with E-state index >= 15 is 0 Å². The second-order valence-corrected chi connectivity index (χ2v) is 3.86. The number of hydrogen-bond acceptors (Lipinski definition) is 7. The number of aliphatic carboxylic acids is 1. The molecule has 0 bridgehead atoms. The van der Waals surface area contributed by atoms with Gasteiger partial charge in [-0.15, -0.1) is 0 Å². The molecular formula is C9H16O8. The highest BCUT2D eigenvalue weighted by molar-refractivity contribution is 5.73. The molecule has 17 heavy (non-hydrogen) atoms. The number of hydrogen-bond donors (Lipinski definition) is 5. The molecule has 1 aliphatic heterocycles. The second-order valence-electron chi connectivity index (χ2n) is 3.86. The molecular weight excluding hydrogens is 236 g/mol. The van der Waals surface area contributed by atoms with Gasteiger partial charge >= 0.3 is 5.97 Å². The Balaban J connectivity index is 2.74. The van der Waals surface area contributed by atoms with Gasteiger partial charge in [-0.1, -0.05) is 0 Å². The van der Waals surface area contributed by atoms with Gasteiger partial charge in [0.05, 0.1) is 12.7 Å². The normalized spacial score (nSPS) is 39.9. The number of ether oxygens (including phenoxy) is 2. The van der Waals surface area contributed by atoms with E-state index in [0.717, 1.165) is 0 Å². The largest absolute Gasteiger partial charge is 0.479 e. The van der Waals surface area contributed by atoms with Gasteiger partial charge in [0.2, 0.25) is 0 Å². The highest BCUT2D eigenvalue weighted by Gasteiger charge is 2.47. The van der Waals surface area contributed by atoms with E-state index in [1.165, 1.54) is 6.92 Å². The molecule has 1 saturated heterocycles. The molecule has 0 radical (unpaired) electrons. The zero-order valence-electron chi connectivity index (χ0n) is 9.13. The zero-order chi connectivity index (χ0) is 13.2. The van der Waals surface area contributed by atoms with Crippen LogP contribution in [-0.2, 0) is 14.3 Å². The van der Waals surface area contributed by atoms with Crippen molar-refractivity contribution in [2.24, 2.45) is 0 Å². The number of aliphatic hydroxyl groups excluding tert-OH is 4. The van der Waals surface area contributed by atoms with Crippen molar-refractivity contribution >= 4 is 5.97 Å². The lowest BCUT2D eigenvalue weighted by atomic mass is 9.99. The fraction of sp³-hybridized carbons (Fsp3) is 0.889. The summed E-state index contributed by atoms with van der Waals surface area (Å²) in [6.45, 7) is 1.12. The number of carbonyl (C=O) groups is 1. The van der Waals surface area contributed by atoms with E-state index in [1.54, 1.807) is 0 Å². The smallest absolute Gasteiger partial charge is 0.335 e. The van der Waals surface area contributed by atoms with Crippen molar-refractivity contribution in [1.82, 2.24) is 0 Å². The second kappa shape index (κ2) is 5.71. The van der Waals surface area contributed by atoms with Crippen LogP contribution in [0, 0.1) is 0 Å². The molecule has 5 N–H and O–H groups in total. The molecule has 0 spiro atoms. The number of carboxylic acid groups (broad SMARTS) is 1. The summed E-state index contributed by atoms with van der Waals surface area (Å²) in [5, 5.41) is 45.8. The standard InChI is InChI=1S/C9H16O8/c1-3(2-10)16-9-6(13)4(11)5(12)7(17-9)8(14)15/h3-7,9-13H,2H2,1H3,(H,14,15)/t3?,4-,5+,6?,7?,9?/m0/s1. The molecule has 4 unspecified atom stereocenters. The highest BCUT2D eigenvalue weighted by Crippen LogP contribution is 2.23. The maximum absolute atomic E-state index is 10.7. The minimum absolute atomic E-state index is 0.358. The third kappa shape index (κ3) is 3.12. The van der Waals surface area contributed by atoms with Gasteiger partial charge < -0.3 is 35.0 Å². The third-order valence-corrected chi connectivity index (χ3v) is 2.44. The van der Waals surface area contributed by atoms with E-state index < -0.39 is 42.8 Å². The van der Waals surface area contributed by atoms with Crippen LogP contribution in [0.25, 0.3) is 0 Å². The summed E-state index contributed by atoms with van der Waals surface area (Å²) < 4.78 is 9.82. The predicted molar refractivity (Wildman–Crippen MR) is 52.0 cm³/mol. The van der Waals surface area contributed by atoms with Gasteiger partial charge in [0.1, 0.15) is 18.3 Å². The van der Waals surface area contributed by atoms with Gasteiger partial charge in [-0.25, -0.2) is 4.79 Å². The topological polar surface area (TPSA) is 137 Å². The van der Waals surface area contributed by atoms with Crippen LogP contribution in [0.5, 0.6) is 0 Å². The van der Waals surface area contributed by atoms with E-state index in [9.17, 15) is 20.1 Å². The van der Waals surface area contributed by atoms with Crippen LogP contribution in [0.15, 0.2) is 0 Å². The first-order chi connectivity index (χ1) is 7.88. The van der Waals surface area contributed by atoms with Crippen molar-refractivity contribution in [2.75, 3.05) is 6.61 Å². The van der Waals surface area contributed by atoms with Crippen molar-refractivity contribution in [2.45, 2.75) is 43.7 Å². The summed E-state index contributed by atoms with van der Waals surface area (Å²) in [6, 6.07) is 0. The van der Waals surface area contributed by atoms with E-state index in [1.807, 2.05) is 0 Å². The SMILES string of the molecule is CC(CO)OC1OC(C(=O)O)[C@H](O)[C@H](O)C1O. The molecule has 0 aromatic carbocycles. The molecule has 1 heterocycles. The van der Waals surface area contributed by atoms with Crippen LogP contribution in [-0.4, -0.2) is 74.9 Å². The first-order valence-electron chi connectivity index (χ1n) is 5.07. The van der Waals surface area contributed by atoms with Gasteiger partial charge in [0.25, 0.3) is 0 Å². The molecule has 0 aromatic rings. The fourth-order valence-electron chi connectivity index (χ4n) is 1.44. The molecule has 1 aliphatic rings. The number of rotatable bonds is 4. The van der Waals surface area contributed by atoms with Gasteiger partial charge in [-0.05, 0) is 6.92 Å². The molecule has 8 heteroatoms. The molecule has 0 amide bonds. The minimum atomic E-state index is -1.74. The fourth-order valence-corrected chi connectivity index (χ4v) is 1.44. The quantitative estimate of drug-likeness (QED) is 0.364. The molecule has 0 aliphatic carbocycles. The Morgan fingerprint density at radius 1 is 1.29 bits per heavy atom. The van der Waals surface area contributed by atoms with Crippen LogP contribution < -0.4 is 0 Å². The van der Waals surface area contributed by atoms with Gasteiger partial charge in [0, 0.05) is 0 Å². The molecule has 6 atom stereocenters. The number of aliphatic hydroxyl groups is 4. The van der Waals surface area contributed by atoms with Crippen LogP contribution in [0.3, 0.4) is 0 Å². The van der Waals surface area contributed by atoms with Gasteiger partial charge in [0.15, 0.2) is 12.4 Å². The van der Waals surface area contributed by atoms with Crippen molar-refractivity contribution in [3.05, 3.63) is 0 Å². The third-order valence-electron chi connectivity index (χ3n) is 2.44. The molecule has 0 aromatic heterocycles. The predicted octanol–water partition coefficient (Wildman–Crippen LogP) is -2.72. The Morgan fingerprint density at radius 2 is 1.88 bits per heavy atom. The Kier molecular flexibility index (Phi) is 4.80. The Bertz CT molecular complexity index is 270. The average molecular weight is 252 g/mol. The van der Waals surface area contributed by atoms with E-state index in [-0.39, 0.29) is 6.61 Å². The molecule has 1 rings (SSSR count). The maximum atomic E-state index is 10.7. The van der Waals surface area contributed by atoms with Crippen LogP contribution >= 0.6 is 0 Å². The summed E-state index contributed by atoms with van der Waals surface area (Å²) in [7, 11) is 0. The summed E-state index contributed by atoms with van der Waals surface area (Å²) in [4.78, 5) is 10.7. The van der Waals surface area contributed by atoms with Crippen molar-refractivity contribution < 1.29 is 39.8 Å². The van der Waals surface area contributed by atoms with Gasteiger partial charge in [-0.2, -0.15) is 0 Å². The van der Waals surface area contributed by atoms with Crippen molar-refractivity contribution in [3.63, 3.8) is 0 Å². The van der Waals surface area contributed by atoms with E-state index in [0.29, 0.717) is 0 Å². The zero-order valence-corrected chi connectivity index (χ0v) is 9.13. The lowest BCUT2D eigenvalue weighted by molar-refractivity contribution is -0.304. The minimum Gasteiger partial charge on any atom is -0.479 e. The number of carboxylic acids is 1. The molecule has 1 fully saturated rings. The van der Waals surface area contributed by atoms with Gasteiger partial charge in [-0.3, -0.25) is 0 Å². The average Bonchev–Trinajstić information content (AvgIpc) is 2.29. The molecule has 8 nitrogen and oxygen atoms in total. The van der Waals surface area contributed by atoms with E-state index in [2.05, 4.69) is 0 Å². The van der Waals surface area contributed by atoms with Crippen LogP contribution in [0.2, 0.25) is 0 Å². The van der Waals surface area contributed by atoms with Crippen molar-refractivity contribution in [1.29, 1.82) is 0 Å². The van der Waals surface area contributed by atoms with Crippen LogP contribution in [0.4, 0.5) is 0 Å². The monoisotopic (exact) mass is 252 g/mol. The first-order valence-corrected chi connectivity index (χ1v) is 5.07. The highest BCUT2D eigenvalue weighted by atomic mass is 16.7. The Morgan fingerprint density at radius 3 is 2.35 bits per heavy atom. The summed E-state index contributed by atoms with van der Waals surface area (Å²) in [5.41, 5.74) is 0. The lowest BCUT2D eigenvalue weighted by Crippen LogP contribution is -2.60. The first kappa shape index (κ1) is 14.3. The Labute approximate surface area is 97.0 Å². The molecule has 0 saturated carbocycles. The summed E-state index contributed by atoms with van der Waals surface area (Å²) in [5.74, 6) is -1.48.